The minimum absolute atomic E-state index is 0.0384. The first kappa shape index (κ1) is 24.5. The lowest BCUT2D eigenvalue weighted by Gasteiger charge is -2.11. The van der Waals surface area contributed by atoms with Gasteiger partial charge in [-0.25, -0.2) is 0 Å². The Morgan fingerprint density at radius 1 is 1.00 bits per heavy atom. The highest BCUT2D eigenvalue weighted by molar-refractivity contribution is 7.99. The number of ether oxygens (including phenoxy) is 1. The average Bonchev–Trinajstić information content (AvgIpc) is 3.32. The number of aromatic nitrogens is 4. The summed E-state index contributed by atoms with van der Waals surface area (Å²) in [7, 11) is 1.64. The third-order valence-corrected chi connectivity index (χ3v) is 6.55. The molecule has 1 amide bonds. The molecule has 0 aliphatic heterocycles. The molecular weight excluding hydrogens is 458 g/mol. The first-order valence-corrected chi connectivity index (χ1v) is 12.5. The standard InChI is InChI=1S/C27H29N5O2S/c1-19(2)21-6-4-20(5-7-21)12-17-29-25(33)18-35-27-31-30-26(22-13-15-28-16-14-22)32(27)23-8-10-24(34-3)11-9-23/h4-11,13-16,19H,12,17-18H2,1-3H3,(H,29,33). The molecule has 0 aliphatic rings. The lowest BCUT2D eigenvalue weighted by Crippen LogP contribution is -2.27. The summed E-state index contributed by atoms with van der Waals surface area (Å²) in [6.07, 6.45) is 4.24. The van der Waals surface area contributed by atoms with E-state index in [4.69, 9.17) is 4.74 Å². The van der Waals surface area contributed by atoms with Crippen LogP contribution in [0.4, 0.5) is 0 Å². The van der Waals surface area contributed by atoms with Gasteiger partial charge in [0.2, 0.25) is 5.91 Å². The van der Waals surface area contributed by atoms with Gasteiger partial charge in [0.15, 0.2) is 11.0 Å². The van der Waals surface area contributed by atoms with Crippen LogP contribution >= 0.6 is 11.8 Å². The number of hydrogen-bond donors (Lipinski definition) is 1. The number of benzene rings is 2. The van der Waals surface area contributed by atoms with Crippen LogP contribution in [0.15, 0.2) is 78.2 Å². The number of amides is 1. The summed E-state index contributed by atoms with van der Waals surface area (Å²) in [5.74, 6) is 2.17. The van der Waals surface area contributed by atoms with Gasteiger partial charge in [0.1, 0.15) is 5.75 Å². The van der Waals surface area contributed by atoms with Crippen molar-refractivity contribution in [2.75, 3.05) is 19.4 Å². The van der Waals surface area contributed by atoms with Crippen molar-refractivity contribution in [3.05, 3.63) is 84.2 Å². The lowest BCUT2D eigenvalue weighted by molar-refractivity contribution is -0.118. The minimum Gasteiger partial charge on any atom is -0.497 e. The van der Waals surface area contributed by atoms with Gasteiger partial charge in [-0.1, -0.05) is 49.9 Å². The highest BCUT2D eigenvalue weighted by atomic mass is 32.2. The number of thioether (sulfide) groups is 1. The molecular formula is C27H29N5O2S. The SMILES string of the molecule is COc1ccc(-n2c(SCC(=O)NCCc3ccc(C(C)C)cc3)nnc2-c2ccncc2)cc1. The molecule has 4 rings (SSSR count). The maximum atomic E-state index is 12.5. The van der Waals surface area contributed by atoms with E-state index >= 15 is 0 Å². The number of pyridine rings is 1. The van der Waals surface area contributed by atoms with Crippen LogP contribution < -0.4 is 10.1 Å². The molecule has 2 aromatic carbocycles. The lowest BCUT2D eigenvalue weighted by atomic mass is 10.0. The number of rotatable bonds is 10. The molecule has 0 saturated heterocycles. The van der Waals surface area contributed by atoms with Crippen molar-refractivity contribution in [3.63, 3.8) is 0 Å². The van der Waals surface area contributed by atoms with Gasteiger partial charge in [-0.2, -0.15) is 0 Å². The van der Waals surface area contributed by atoms with Gasteiger partial charge in [0.05, 0.1) is 12.9 Å². The second kappa shape index (κ2) is 11.7. The molecule has 0 atom stereocenters. The number of hydrogen-bond acceptors (Lipinski definition) is 6. The molecule has 0 bridgehead atoms. The van der Waals surface area contributed by atoms with Crippen LogP contribution in [0.25, 0.3) is 17.1 Å². The minimum atomic E-state index is -0.0384. The zero-order valence-corrected chi connectivity index (χ0v) is 21.0. The number of methoxy groups -OCH3 is 1. The van der Waals surface area contributed by atoms with Gasteiger partial charge in [-0.3, -0.25) is 14.3 Å². The Kier molecular flexibility index (Phi) is 8.15. The molecule has 0 fully saturated rings. The van der Waals surface area contributed by atoms with Gasteiger partial charge in [-0.05, 0) is 59.9 Å². The van der Waals surface area contributed by atoms with Crippen LogP contribution in [0.1, 0.15) is 30.9 Å². The number of nitrogens with zero attached hydrogens (tertiary/aromatic N) is 4. The van der Waals surface area contributed by atoms with E-state index in [2.05, 4.69) is 58.6 Å². The van der Waals surface area contributed by atoms with Gasteiger partial charge >= 0.3 is 0 Å². The van der Waals surface area contributed by atoms with Crippen molar-refractivity contribution in [1.82, 2.24) is 25.1 Å². The van der Waals surface area contributed by atoms with Gasteiger partial charge in [0.25, 0.3) is 0 Å². The Hall–Kier alpha value is -3.65. The average molecular weight is 488 g/mol. The Bertz CT molecular complexity index is 1240. The molecule has 2 heterocycles. The summed E-state index contributed by atoms with van der Waals surface area (Å²) in [5, 5.41) is 12.4. The summed E-state index contributed by atoms with van der Waals surface area (Å²) < 4.78 is 7.24. The monoisotopic (exact) mass is 487 g/mol. The molecule has 180 valence electrons. The van der Waals surface area contributed by atoms with E-state index in [1.54, 1.807) is 19.5 Å². The van der Waals surface area contributed by atoms with Crippen LogP contribution in [0, 0.1) is 0 Å². The van der Waals surface area contributed by atoms with E-state index < -0.39 is 0 Å². The van der Waals surface area contributed by atoms with E-state index in [0.717, 1.165) is 23.4 Å². The van der Waals surface area contributed by atoms with Crippen molar-refractivity contribution in [2.24, 2.45) is 0 Å². The topological polar surface area (TPSA) is 81.9 Å². The molecule has 35 heavy (non-hydrogen) atoms. The Morgan fingerprint density at radius 2 is 1.71 bits per heavy atom. The number of carbonyl (C=O) groups excluding carboxylic acids is 1. The van der Waals surface area contributed by atoms with Crippen molar-refractivity contribution in [3.8, 4) is 22.8 Å². The normalized spacial score (nSPS) is 11.0. The second-order valence-electron chi connectivity index (χ2n) is 8.36. The summed E-state index contributed by atoms with van der Waals surface area (Å²) >= 11 is 1.36. The van der Waals surface area contributed by atoms with Gasteiger partial charge in [-0.15, -0.1) is 10.2 Å². The molecule has 4 aromatic rings. The van der Waals surface area contributed by atoms with Gasteiger partial charge < -0.3 is 10.1 Å². The Labute approximate surface area is 210 Å². The summed E-state index contributed by atoms with van der Waals surface area (Å²) in [6, 6.07) is 20.0. The van der Waals surface area contributed by atoms with Crippen molar-refractivity contribution < 1.29 is 9.53 Å². The maximum absolute atomic E-state index is 12.5. The molecule has 7 nitrogen and oxygen atoms in total. The van der Waals surface area contributed by atoms with Crippen LogP contribution in [0.3, 0.4) is 0 Å². The second-order valence-corrected chi connectivity index (χ2v) is 9.30. The van der Waals surface area contributed by atoms with Crippen LogP contribution in [-0.2, 0) is 11.2 Å². The predicted octanol–water partition coefficient (Wildman–Crippen LogP) is 4.91. The molecule has 0 aliphatic carbocycles. The Morgan fingerprint density at radius 3 is 2.37 bits per heavy atom. The number of carbonyl (C=O) groups is 1. The van der Waals surface area contributed by atoms with E-state index in [0.29, 0.717) is 23.4 Å². The fourth-order valence-electron chi connectivity index (χ4n) is 3.61. The Balaban J connectivity index is 1.42. The maximum Gasteiger partial charge on any atom is 0.230 e. The summed E-state index contributed by atoms with van der Waals surface area (Å²) in [6.45, 7) is 4.96. The highest BCUT2D eigenvalue weighted by Gasteiger charge is 2.17. The third kappa shape index (κ3) is 6.27. The van der Waals surface area contributed by atoms with E-state index in [9.17, 15) is 4.79 Å². The quantitative estimate of drug-likeness (QED) is 0.320. The fourth-order valence-corrected chi connectivity index (χ4v) is 4.39. The molecule has 1 N–H and O–H groups in total. The first-order valence-electron chi connectivity index (χ1n) is 11.5. The van der Waals surface area contributed by atoms with Crippen LogP contribution in [-0.4, -0.2) is 45.1 Å². The smallest absolute Gasteiger partial charge is 0.230 e. The van der Waals surface area contributed by atoms with Gasteiger partial charge in [0, 0.05) is 30.2 Å². The first-order chi connectivity index (χ1) is 17.0. The van der Waals surface area contributed by atoms with Crippen LogP contribution in [0.5, 0.6) is 5.75 Å². The molecule has 0 spiro atoms. The molecule has 0 unspecified atom stereocenters. The highest BCUT2D eigenvalue weighted by Crippen LogP contribution is 2.28. The molecule has 0 radical (unpaired) electrons. The largest absolute Gasteiger partial charge is 0.497 e. The van der Waals surface area contributed by atoms with Crippen LogP contribution in [0.2, 0.25) is 0 Å². The van der Waals surface area contributed by atoms with E-state index in [-0.39, 0.29) is 11.7 Å². The third-order valence-electron chi connectivity index (χ3n) is 5.62. The molecule has 0 saturated carbocycles. The molecule has 2 aromatic heterocycles. The van der Waals surface area contributed by atoms with E-state index in [1.807, 2.05) is 41.0 Å². The zero-order chi connectivity index (χ0) is 24.6. The number of nitrogens with one attached hydrogen (secondary N) is 1. The van der Waals surface area contributed by atoms with E-state index in [1.165, 1.54) is 22.9 Å². The molecule has 8 heteroatoms. The zero-order valence-electron chi connectivity index (χ0n) is 20.1. The predicted molar refractivity (Wildman–Crippen MR) is 139 cm³/mol. The van der Waals surface area contributed by atoms with Crippen molar-refractivity contribution in [2.45, 2.75) is 31.3 Å². The summed E-state index contributed by atoms with van der Waals surface area (Å²) in [5.41, 5.74) is 4.31. The van der Waals surface area contributed by atoms with Crippen molar-refractivity contribution in [1.29, 1.82) is 0 Å². The fraction of sp³-hybridized carbons (Fsp3) is 0.259. The van der Waals surface area contributed by atoms with Crippen molar-refractivity contribution >= 4 is 17.7 Å². The summed E-state index contributed by atoms with van der Waals surface area (Å²) in [4.78, 5) is 16.6.